The first-order valence-electron chi connectivity index (χ1n) is 8.32. The largest absolute Gasteiger partial charge is 0.338 e. The molecule has 6 heteroatoms. The minimum atomic E-state index is -0.172. The normalized spacial score (nSPS) is 13.3. The molecule has 0 bridgehead atoms. The number of amides is 2. The summed E-state index contributed by atoms with van der Waals surface area (Å²) in [6.07, 6.45) is 4.96. The Kier molecular flexibility index (Phi) is 5.38. The average Bonchev–Trinajstić information content (AvgIpc) is 2.66. The first-order chi connectivity index (χ1) is 12.1. The van der Waals surface area contributed by atoms with Crippen LogP contribution in [0, 0.1) is 0 Å². The Hall–Kier alpha value is -2.34. The Balaban J connectivity index is 1.78. The Morgan fingerprint density at radius 2 is 2.12 bits per heavy atom. The van der Waals surface area contributed by atoms with Crippen molar-refractivity contribution in [2.24, 2.45) is 0 Å². The predicted octanol–water partition coefficient (Wildman–Crippen LogP) is 3.35. The van der Waals surface area contributed by atoms with E-state index < -0.39 is 0 Å². The number of nitrogens with one attached hydrogen (secondary N) is 1. The molecule has 0 aliphatic carbocycles. The van der Waals surface area contributed by atoms with Gasteiger partial charge in [-0.3, -0.25) is 9.59 Å². The van der Waals surface area contributed by atoms with Gasteiger partial charge in [0.2, 0.25) is 5.91 Å². The summed E-state index contributed by atoms with van der Waals surface area (Å²) in [5, 5.41) is 3.65. The SMILES string of the molecule is CCC(=O)N1CCc2ccc(NC(=O)c3cccnc3SC)cc2C1. The molecule has 0 atom stereocenters. The van der Waals surface area contributed by atoms with E-state index >= 15 is 0 Å². The monoisotopic (exact) mass is 355 g/mol. The maximum atomic E-state index is 12.6. The van der Waals surface area contributed by atoms with Crippen molar-refractivity contribution in [2.45, 2.75) is 31.3 Å². The van der Waals surface area contributed by atoms with Crippen LogP contribution in [0.5, 0.6) is 0 Å². The van der Waals surface area contributed by atoms with Crippen molar-refractivity contribution in [3.63, 3.8) is 0 Å². The van der Waals surface area contributed by atoms with Crippen molar-refractivity contribution in [1.29, 1.82) is 0 Å². The molecule has 2 amide bonds. The number of anilines is 1. The number of pyridine rings is 1. The molecule has 1 aliphatic heterocycles. The first-order valence-corrected chi connectivity index (χ1v) is 9.54. The molecule has 0 fully saturated rings. The zero-order valence-electron chi connectivity index (χ0n) is 14.4. The minimum Gasteiger partial charge on any atom is -0.338 e. The topological polar surface area (TPSA) is 62.3 Å². The van der Waals surface area contributed by atoms with E-state index in [2.05, 4.69) is 10.3 Å². The van der Waals surface area contributed by atoms with Gasteiger partial charge < -0.3 is 10.2 Å². The lowest BCUT2D eigenvalue weighted by Crippen LogP contribution is -2.35. The smallest absolute Gasteiger partial charge is 0.258 e. The van der Waals surface area contributed by atoms with Gasteiger partial charge in [-0.25, -0.2) is 4.98 Å². The van der Waals surface area contributed by atoms with Crippen LogP contribution in [-0.2, 0) is 17.8 Å². The number of rotatable bonds is 4. The van der Waals surface area contributed by atoms with Crippen LogP contribution in [0.3, 0.4) is 0 Å². The second kappa shape index (κ2) is 7.70. The highest BCUT2D eigenvalue weighted by atomic mass is 32.2. The Labute approximate surface area is 151 Å². The van der Waals surface area contributed by atoms with Gasteiger partial charge in [0, 0.05) is 31.4 Å². The molecular weight excluding hydrogens is 334 g/mol. The number of benzene rings is 1. The van der Waals surface area contributed by atoms with Crippen LogP contribution in [0.2, 0.25) is 0 Å². The highest BCUT2D eigenvalue weighted by Crippen LogP contribution is 2.24. The number of carbonyl (C=O) groups is 2. The summed E-state index contributed by atoms with van der Waals surface area (Å²) in [5.41, 5.74) is 3.65. The van der Waals surface area contributed by atoms with E-state index in [1.54, 1.807) is 18.3 Å². The maximum absolute atomic E-state index is 12.6. The van der Waals surface area contributed by atoms with Crippen LogP contribution in [-0.4, -0.2) is 34.5 Å². The third-order valence-electron chi connectivity index (χ3n) is 4.34. The Bertz CT molecular complexity index is 807. The van der Waals surface area contributed by atoms with Crippen LogP contribution in [0.15, 0.2) is 41.6 Å². The number of fused-ring (bicyclic) bond motifs is 1. The molecule has 130 valence electrons. The molecule has 3 rings (SSSR count). The van der Waals surface area contributed by atoms with Gasteiger partial charge in [-0.05, 0) is 48.1 Å². The number of thioether (sulfide) groups is 1. The molecule has 5 nitrogen and oxygen atoms in total. The van der Waals surface area contributed by atoms with Crippen molar-refractivity contribution < 1.29 is 9.59 Å². The van der Waals surface area contributed by atoms with E-state index in [0.717, 1.165) is 24.2 Å². The second-order valence-corrected chi connectivity index (χ2v) is 6.71. The van der Waals surface area contributed by atoms with Gasteiger partial charge in [0.25, 0.3) is 5.91 Å². The van der Waals surface area contributed by atoms with Crippen molar-refractivity contribution in [1.82, 2.24) is 9.88 Å². The lowest BCUT2D eigenvalue weighted by atomic mass is 9.98. The van der Waals surface area contributed by atoms with Crippen molar-refractivity contribution >= 4 is 29.3 Å². The number of nitrogens with zero attached hydrogens (tertiary/aromatic N) is 2. The summed E-state index contributed by atoms with van der Waals surface area (Å²) in [5.74, 6) is -0.00485. The lowest BCUT2D eigenvalue weighted by Gasteiger charge is -2.29. The zero-order chi connectivity index (χ0) is 17.8. The van der Waals surface area contributed by atoms with Crippen LogP contribution in [0.1, 0.15) is 34.8 Å². The quantitative estimate of drug-likeness (QED) is 0.855. The van der Waals surface area contributed by atoms with Gasteiger partial charge in [0.15, 0.2) is 0 Å². The van der Waals surface area contributed by atoms with Gasteiger partial charge >= 0.3 is 0 Å². The van der Waals surface area contributed by atoms with E-state index in [1.165, 1.54) is 17.3 Å². The molecule has 0 radical (unpaired) electrons. The summed E-state index contributed by atoms with van der Waals surface area (Å²) in [6, 6.07) is 9.46. The van der Waals surface area contributed by atoms with Crippen LogP contribution in [0.4, 0.5) is 5.69 Å². The van der Waals surface area contributed by atoms with Gasteiger partial charge in [0.1, 0.15) is 5.03 Å². The molecule has 1 aromatic heterocycles. The molecule has 0 saturated carbocycles. The molecule has 0 spiro atoms. The fourth-order valence-electron chi connectivity index (χ4n) is 3.00. The summed E-state index contributed by atoms with van der Waals surface area (Å²) in [4.78, 5) is 30.6. The summed E-state index contributed by atoms with van der Waals surface area (Å²) >= 11 is 1.45. The third kappa shape index (κ3) is 3.85. The van der Waals surface area contributed by atoms with Crippen molar-refractivity contribution in [3.05, 3.63) is 53.2 Å². The molecular formula is C19H21N3O2S. The summed E-state index contributed by atoms with van der Waals surface area (Å²) < 4.78 is 0. The fourth-order valence-corrected chi connectivity index (χ4v) is 3.54. The zero-order valence-corrected chi connectivity index (χ0v) is 15.2. The molecule has 25 heavy (non-hydrogen) atoms. The van der Waals surface area contributed by atoms with Crippen molar-refractivity contribution in [3.8, 4) is 0 Å². The number of aromatic nitrogens is 1. The van der Waals surface area contributed by atoms with Gasteiger partial charge in [-0.15, -0.1) is 11.8 Å². The third-order valence-corrected chi connectivity index (χ3v) is 5.05. The lowest BCUT2D eigenvalue weighted by molar-refractivity contribution is -0.131. The summed E-state index contributed by atoms with van der Waals surface area (Å²) in [7, 11) is 0. The number of hydrogen-bond acceptors (Lipinski definition) is 4. The molecule has 1 aliphatic rings. The molecule has 2 heterocycles. The molecule has 0 unspecified atom stereocenters. The van der Waals surface area contributed by atoms with Gasteiger partial charge in [0.05, 0.1) is 5.56 Å². The van der Waals surface area contributed by atoms with E-state index in [4.69, 9.17) is 0 Å². The first kappa shape index (κ1) is 17.5. The van der Waals surface area contributed by atoms with E-state index in [-0.39, 0.29) is 11.8 Å². The Morgan fingerprint density at radius 3 is 2.88 bits per heavy atom. The Morgan fingerprint density at radius 1 is 1.28 bits per heavy atom. The highest BCUT2D eigenvalue weighted by molar-refractivity contribution is 7.98. The molecule has 1 N–H and O–H groups in total. The van der Waals surface area contributed by atoms with Crippen LogP contribution in [0.25, 0.3) is 0 Å². The molecule has 1 aromatic carbocycles. The molecule has 2 aromatic rings. The molecule has 0 saturated heterocycles. The number of hydrogen-bond donors (Lipinski definition) is 1. The number of carbonyl (C=O) groups excluding carboxylic acids is 2. The summed E-state index contributed by atoms with van der Waals surface area (Å²) in [6.45, 7) is 3.25. The second-order valence-electron chi connectivity index (χ2n) is 5.92. The maximum Gasteiger partial charge on any atom is 0.258 e. The van der Waals surface area contributed by atoms with E-state index in [0.29, 0.717) is 23.6 Å². The fraction of sp³-hybridized carbons (Fsp3) is 0.316. The van der Waals surface area contributed by atoms with Crippen molar-refractivity contribution in [2.75, 3.05) is 18.1 Å². The average molecular weight is 355 g/mol. The van der Waals surface area contributed by atoms with Gasteiger partial charge in [-0.1, -0.05) is 13.0 Å². The van der Waals surface area contributed by atoms with E-state index in [9.17, 15) is 9.59 Å². The van der Waals surface area contributed by atoms with Gasteiger partial charge in [-0.2, -0.15) is 0 Å². The standard InChI is InChI=1S/C19H21N3O2S/c1-3-17(23)22-10-8-13-6-7-15(11-14(13)12-22)21-18(24)16-5-4-9-20-19(16)25-2/h4-7,9,11H,3,8,10,12H2,1-2H3,(H,21,24). The predicted molar refractivity (Wildman–Crippen MR) is 99.8 cm³/mol. The van der Waals surface area contributed by atoms with Crippen LogP contribution >= 0.6 is 11.8 Å². The van der Waals surface area contributed by atoms with Crippen LogP contribution < -0.4 is 5.32 Å². The minimum absolute atomic E-state index is 0.167. The van der Waals surface area contributed by atoms with E-state index in [1.807, 2.05) is 36.3 Å². The highest BCUT2D eigenvalue weighted by Gasteiger charge is 2.20.